The molecule has 2 N–H and O–H groups in total. The van der Waals surface area contributed by atoms with Gasteiger partial charge >= 0.3 is 0 Å². The Morgan fingerprint density at radius 3 is 2.15 bits per heavy atom. The Morgan fingerprint density at radius 1 is 0.962 bits per heavy atom. The maximum absolute atomic E-state index is 11.8. The van der Waals surface area contributed by atoms with E-state index < -0.39 is 0 Å². The number of hydrogen-bond acceptors (Lipinski definition) is 5. The third-order valence-electron chi connectivity index (χ3n) is 4.15. The molecule has 0 spiro atoms. The molecule has 0 heterocycles. The number of rotatable bonds is 11. The average Bonchev–Trinajstić information content (AvgIpc) is 2.67. The van der Waals surface area contributed by atoms with Gasteiger partial charge in [0.25, 0.3) is 0 Å². The molecule has 0 atom stereocenters. The summed E-state index contributed by atoms with van der Waals surface area (Å²) in [6.07, 6.45) is 3.88. The predicted octanol–water partition coefficient (Wildman–Crippen LogP) is 2.33. The molecule has 7 nitrogen and oxygen atoms in total. The van der Waals surface area contributed by atoms with Crippen molar-refractivity contribution in [1.82, 2.24) is 10.6 Å². The van der Waals surface area contributed by atoms with Crippen LogP contribution < -0.4 is 10.6 Å². The SMILES string of the molecule is CC.CCOCCOCC(=O)NCC(=O)NC1CCC(C(=O)CC)CC1.[HH].[HH]. The molecular formula is C19H40N2O5. The fraction of sp³-hybridized carbons (Fsp3) is 0.842. The molecule has 1 aliphatic rings. The lowest BCUT2D eigenvalue weighted by Crippen LogP contribution is -2.44. The number of hydrogen-bond donors (Lipinski definition) is 2. The fourth-order valence-electron chi connectivity index (χ4n) is 2.78. The highest BCUT2D eigenvalue weighted by atomic mass is 16.5. The van der Waals surface area contributed by atoms with Crippen LogP contribution >= 0.6 is 0 Å². The zero-order valence-electron chi connectivity index (χ0n) is 16.8. The van der Waals surface area contributed by atoms with Crippen LogP contribution in [0.15, 0.2) is 0 Å². The van der Waals surface area contributed by atoms with Gasteiger partial charge in [0.2, 0.25) is 11.8 Å². The number of ketones is 1. The highest BCUT2D eigenvalue weighted by Crippen LogP contribution is 2.25. The molecule has 0 bridgehead atoms. The van der Waals surface area contributed by atoms with Crippen LogP contribution in [0.3, 0.4) is 0 Å². The maximum atomic E-state index is 11.8. The Morgan fingerprint density at radius 2 is 1.58 bits per heavy atom. The van der Waals surface area contributed by atoms with Crippen LogP contribution in [0, 0.1) is 5.92 Å². The summed E-state index contributed by atoms with van der Waals surface area (Å²) in [7, 11) is 0. The van der Waals surface area contributed by atoms with Crippen molar-refractivity contribution in [2.75, 3.05) is 33.0 Å². The normalized spacial score (nSPS) is 19.1. The molecule has 0 saturated heterocycles. The van der Waals surface area contributed by atoms with Gasteiger partial charge in [-0.3, -0.25) is 14.4 Å². The van der Waals surface area contributed by atoms with Crippen molar-refractivity contribution in [3.63, 3.8) is 0 Å². The van der Waals surface area contributed by atoms with E-state index in [0.717, 1.165) is 25.7 Å². The number of Topliss-reactive ketones (excluding diaryl/α,β-unsaturated/α-hetero) is 1. The number of carbonyl (C=O) groups is 3. The Bertz CT molecular complexity index is 417. The molecule has 0 unspecified atom stereocenters. The third-order valence-corrected chi connectivity index (χ3v) is 4.15. The summed E-state index contributed by atoms with van der Waals surface area (Å²) in [6, 6.07) is 0.0951. The van der Waals surface area contributed by atoms with Crippen molar-refractivity contribution in [3.8, 4) is 0 Å². The molecule has 0 aromatic carbocycles. The lowest BCUT2D eigenvalue weighted by atomic mass is 9.83. The zero-order chi connectivity index (χ0) is 19.8. The van der Waals surface area contributed by atoms with Crippen molar-refractivity contribution in [3.05, 3.63) is 0 Å². The van der Waals surface area contributed by atoms with Gasteiger partial charge in [-0.1, -0.05) is 20.8 Å². The molecule has 1 rings (SSSR count). The second-order valence-corrected chi connectivity index (χ2v) is 5.96. The van der Waals surface area contributed by atoms with Crippen molar-refractivity contribution in [2.45, 2.75) is 65.8 Å². The summed E-state index contributed by atoms with van der Waals surface area (Å²) in [6.45, 7) is 9.07. The summed E-state index contributed by atoms with van der Waals surface area (Å²) in [5.41, 5.74) is 0. The summed E-state index contributed by atoms with van der Waals surface area (Å²) in [5, 5.41) is 5.44. The van der Waals surface area contributed by atoms with E-state index in [4.69, 9.17) is 9.47 Å². The van der Waals surface area contributed by atoms with Crippen molar-refractivity contribution in [2.24, 2.45) is 5.92 Å². The van der Waals surface area contributed by atoms with Crippen molar-refractivity contribution >= 4 is 17.6 Å². The lowest BCUT2D eigenvalue weighted by molar-refractivity contribution is -0.129. The van der Waals surface area contributed by atoms with Gasteiger partial charge in [-0.2, -0.15) is 0 Å². The topological polar surface area (TPSA) is 93.7 Å². The standard InChI is InChI=1S/C17H30N2O5.C2H6.2H2/c1-3-15(20)13-5-7-14(8-6-13)19-16(21)11-18-17(22)12-24-10-9-23-4-2;1-2;;/h13-14H,3-12H2,1-2H3,(H,18,22)(H,19,21);1-2H3;2*1H. The van der Waals surface area contributed by atoms with Crippen molar-refractivity contribution in [1.29, 1.82) is 0 Å². The first-order valence-electron chi connectivity index (χ1n) is 9.81. The summed E-state index contributed by atoms with van der Waals surface area (Å²) in [5.74, 6) is -0.0603. The number of ether oxygens (including phenoxy) is 2. The van der Waals surface area contributed by atoms with Crippen LogP contribution in [0.2, 0.25) is 0 Å². The molecule has 1 saturated carbocycles. The predicted molar refractivity (Wildman–Crippen MR) is 105 cm³/mol. The van der Waals surface area contributed by atoms with E-state index >= 15 is 0 Å². The van der Waals surface area contributed by atoms with Crippen molar-refractivity contribution < 1.29 is 26.7 Å². The zero-order valence-corrected chi connectivity index (χ0v) is 16.8. The van der Waals surface area contributed by atoms with Gasteiger partial charge in [0.15, 0.2) is 0 Å². The first kappa shape index (κ1) is 24.5. The van der Waals surface area contributed by atoms with Gasteiger partial charge in [0.1, 0.15) is 12.4 Å². The fourth-order valence-corrected chi connectivity index (χ4v) is 2.78. The van der Waals surface area contributed by atoms with Gasteiger partial charge < -0.3 is 20.1 Å². The molecule has 1 fully saturated rings. The molecule has 156 valence electrons. The smallest absolute Gasteiger partial charge is 0.246 e. The summed E-state index contributed by atoms with van der Waals surface area (Å²) < 4.78 is 10.2. The third kappa shape index (κ3) is 11.2. The maximum Gasteiger partial charge on any atom is 0.246 e. The molecule has 0 aromatic rings. The molecule has 26 heavy (non-hydrogen) atoms. The van der Waals surface area contributed by atoms with E-state index in [2.05, 4.69) is 10.6 Å². The first-order valence-corrected chi connectivity index (χ1v) is 9.81. The van der Waals surface area contributed by atoms with E-state index in [1.165, 1.54) is 0 Å². The van der Waals surface area contributed by atoms with Crippen LogP contribution in [-0.4, -0.2) is 56.6 Å². The largest absolute Gasteiger partial charge is 0.379 e. The number of amides is 2. The van der Waals surface area contributed by atoms with Gasteiger partial charge in [-0.05, 0) is 32.6 Å². The van der Waals surface area contributed by atoms with Crippen LogP contribution in [0.4, 0.5) is 0 Å². The van der Waals surface area contributed by atoms with Gasteiger partial charge in [-0.15, -0.1) is 0 Å². The van der Waals surface area contributed by atoms with E-state index in [0.29, 0.717) is 32.0 Å². The summed E-state index contributed by atoms with van der Waals surface area (Å²) >= 11 is 0. The Hall–Kier alpha value is -1.47. The minimum atomic E-state index is -0.320. The number of carbonyl (C=O) groups excluding carboxylic acids is 3. The highest BCUT2D eigenvalue weighted by Gasteiger charge is 2.25. The minimum Gasteiger partial charge on any atom is -0.379 e. The molecule has 0 aromatic heterocycles. The Labute approximate surface area is 160 Å². The van der Waals surface area contributed by atoms with Crippen LogP contribution in [0.5, 0.6) is 0 Å². The van der Waals surface area contributed by atoms with Gasteiger partial charge in [-0.25, -0.2) is 0 Å². The van der Waals surface area contributed by atoms with E-state index in [1.807, 2.05) is 27.7 Å². The van der Waals surface area contributed by atoms with E-state index in [1.54, 1.807) is 0 Å². The van der Waals surface area contributed by atoms with E-state index in [-0.39, 0.29) is 39.8 Å². The Kier molecular flexibility index (Phi) is 14.9. The van der Waals surface area contributed by atoms with Gasteiger partial charge in [0.05, 0.1) is 19.8 Å². The lowest BCUT2D eigenvalue weighted by Gasteiger charge is -2.28. The molecule has 0 radical (unpaired) electrons. The van der Waals surface area contributed by atoms with Gasteiger partial charge in [0, 0.05) is 27.8 Å². The number of nitrogens with one attached hydrogen (secondary N) is 2. The quantitative estimate of drug-likeness (QED) is 0.540. The minimum absolute atomic E-state index is 0. The second-order valence-electron chi connectivity index (χ2n) is 5.96. The molecule has 1 aliphatic carbocycles. The van der Waals surface area contributed by atoms with Crippen LogP contribution in [0.1, 0.15) is 62.7 Å². The van der Waals surface area contributed by atoms with Crippen LogP contribution in [0.25, 0.3) is 0 Å². The van der Waals surface area contributed by atoms with E-state index in [9.17, 15) is 14.4 Å². The highest BCUT2D eigenvalue weighted by molar-refractivity contribution is 5.85. The molecule has 7 heteroatoms. The second kappa shape index (κ2) is 15.8. The molecular weight excluding hydrogens is 336 g/mol. The monoisotopic (exact) mass is 376 g/mol. The average molecular weight is 377 g/mol. The molecule has 0 aliphatic heterocycles. The summed E-state index contributed by atoms with van der Waals surface area (Å²) in [4.78, 5) is 35.0. The molecule has 2 amide bonds. The first-order chi connectivity index (χ1) is 12.6. The van der Waals surface area contributed by atoms with Crippen LogP contribution in [-0.2, 0) is 23.9 Å². The Balaban J connectivity index is -0.00000151.